The predicted molar refractivity (Wildman–Crippen MR) is 74.1 cm³/mol. The van der Waals surface area contributed by atoms with Crippen LogP contribution in [0, 0.1) is 0 Å². The molecule has 0 aliphatic carbocycles. The van der Waals surface area contributed by atoms with Gasteiger partial charge in [0, 0.05) is 19.1 Å². The van der Waals surface area contributed by atoms with Crippen LogP contribution in [0.3, 0.4) is 0 Å². The number of rotatable bonds is 3. The Labute approximate surface area is 121 Å². The highest BCUT2D eigenvalue weighted by molar-refractivity contribution is 5.90. The summed E-state index contributed by atoms with van der Waals surface area (Å²) in [7, 11) is 1.79. The first kappa shape index (κ1) is 15.6. The maximum atomic E-state index is 12.9. The normalized spacial score (nSPS) is 18.9. The minimum absolute atomic E-state index is 0.0213. The zero-order chi connectivity index (χ0) is 15.5. The van der Waals surface area contributed by atoms with E-state index in [4.69, 9.17) is 0 Å². The molecule has 0 radical (unpaired) electrons. The Morgan fingerprint density at radius 3 is 2.76 bits per heavy atom. The van der Waals surface area contributed by atoms with Gasteiger partial charge in [0.25, 0.3) is 0 Å². The maximum absolute atomic E-state index is 12.9. The molecule has 0 aromatic heterocycles. The van der Waals surface area contributed by atoms with Gasteiger partial charge in [-0.05, 0) is 32.0 Å². The van der Waals surface area contributed by atoms with Gasteiger partial charge in [-0.3, -0.25) is 0 Å². The second-order valence-electron chi connectivity index (χ2n) is 5.02. The van der Waals surface area contributed by atoms with E-state index < -0.39 is 17.8 Å². The van der Waals surface area contributed by atoms with E-state index in [1.54, 1.807) is 11.9 Å². The molecule has 116 valence electrons. The Kier molecular flexibility index (Phi) is 4.72. The molecular weight excluding hydrogens is 283 g/mol. The number of alkyl halides is 3. The fourth-order valence-electron chi connectivity index (χ4n) is 2.58. The number of likely N-dealkylation sites (N-methyl/N-ethyl adjacent to an activating group) is 1. The summed E-state index contributed by atoms with van der Waals surface area (Å²) in [5, 5.41) is 5.38. The molecule has 2 amide bonds. The second kappa shape index (κ2) is 6.34. The molecule has 1 fully saturated rings. The highest BCUT2D eigenvalue weighted by Crippen LogP contribution is 2.34. The lowest BCUT2D eigenvalue weighted by atomic mass is 10.1. The average Bonchev–Trinajstić information content (AvgIpc) is 2.87. The topological polar surface area (TPSA) is 44.4 Å². The first-order chi connectivity index (χ1) is 9.93. The number of hydrogen-bond donors (Lipinski definition) is 2. The van der Waals surface area contributed by atoms with Crippen LogP contribution in [0.5, 0.6) is 0 Å². The molecule has 1 aliphatic rings. The number of hydrogen-bond acceptors (Lipinski definition) is 2. The van der Waals surface area contributed by atoms with E-state index in [1.807, 2.05) is 0 Å². The summed E-state index contributed by atoms with van der Waals surface area (Å²) in [6, 6.07) is 4.55. The SMILES string of the molecule is CNCC1CCCN1C(=O)Nc1ccccc1C(F)(F)F. The highest BCUT2D eigenvalue weighted by Gasteiger charge is 2.35. The summed E-state index contributed by atoms with van der Waals surface area (Å²) in [5.41, 5.74) is -1.03. The molecule has 0 spiro atoms. The third kappa shape index (κ3) is 3.66. The van der Waals surface area contributed by atoms with Gasteiger partial charge in [-0.15, -0.1) is 0 Å². The summed E-state index contributed by atoms with van der Waals surface area (Å²) >= 11 is 0. The maximum Gasteiger partial charge on any atom is 0.418 e. The van der Waals surface area contributed by atoms with Gasteiger partial charge in [0.05, 0.1) is 11.3 Å². The van der Waals surface area contributed by atoms with Crippen molar-refractivity contribution in [2.75, 3.05) is 25.5 Å². The quantitative estimate of drug-likeness (QED) is 0.901. The van der Waals surface area contributed by atoms with Crippen LogP contribution in [-0.4, -0.2) is 37.1 Å². The molecular formula is C14H18F3N3O. The van der Waals surface area contributed by atoms with Crippen molar-refractivity contribution in [2.45, 2.75) is 25.1 Å². The van der Waals surface area contributed by atoms with E-state index in [-0.39, 0.29) is 11.7 Å². The molecule has 0 bridgehead atoms. The first-order valence-electron chi connectivity index (χ1n) is 6.82. The molecule has 2 rings (SSSR count). The molecule has 0 saturated carbocycles. The van der Waals surface area contributed by atoms with E-state index in [9.17, 15) is 18.0 Å². The Morgan fingerprint density at radius 1 is 1.38 bits per heavy atom. The number of benzene rings is 1. The molecule has 1 saturated heterocycles. The number of halogens is 3. The number of carbonyl (C=O) groups is 1. The molecule has 1 aromatic carbocycles. The van der Waals surface area contributed by atoms with Crippen molar-refractivity contribution in [1.29, 1.82) is 0 Å². The van der Waals surface area contributed by atoms with Crippen molar-refractivity contribution in [3.05, 3.63) is 29.8 Å². The third-order valence-corrected chi connectivity index (χ3v) is 3.55. The van der Waals surface area contributed by atoms with Crippen LogP contribution in [0.1, 0.15) is 18.4 Å². The number of likely N-dealkylation sites (tertiary alicyclic amines) is 1. The zero-order valence-electron chi connectivity index (χ0n) is 11.7. The standard InChI is InChI=1S/C14H18F3N3O/c1-18-9-10-5-4-8-20(10)13(21)19-12-7-3-2-6-11(12)14(15,16)17/h2-3,6-7,10,18H,4-5,8-9H2,1H3,(H,19,21). The largest absolute Gasteiger partial charge is 0.418 e. The van der Waals surface area contributed by atoms with Gasteiger partial charge in [0.15, 0.2) is 0 Å². The lowest BCUT2D eigenvalue weighted by Gasteiger charge is -2.25. The van der Waals surface area contributed by atoms with Crippen LogP contribution in [0.2, 0.25) is 0 Å². The second-order valence-corrected chi connectivity index (χ2v) is 5.02. The highest BCUT2D eigenvalue weighted by atomic mass is 19.4. The Hall–Kier alpha value is -1.76. The number of nitrogens with zero attached hydrogens (tertiary/aromatic N) is 1. The van der Waals surface area contributed by atoms with E-state index in [1.165, 1.54) is 18.2 Å². The van der Waals surface area contributed by atoms with Crippen molar-refractivity contribution in [1.82, 2.24) is 10.2 Å². The van der Waals surface area contributed by atoms with E-state index in [2.05, 4.69) is 10.6 Å². The Morgan fingerprint density at radius 2 is 2.10 bits per heavy atom. The third-order valence-electron chi connectivity index (χ3n) is 3.55. The molecule has 1 atom stereocenters. The monoisotopic (exact) mass is 301 g/mol. The van der Waals surface area contributed by atoms with Crippen LogP contribution in [-0.2, 0) is 6.18 Å². The lowest BCUT2D eigenvalue weighted by molar-refractivity contribution is -0.136. The summed E-state index contributed by atoms with van der Waals surface area (Å²) in [4.78, 5) is 13.8. The van der Waals surface area contributed by atoms with Gasteiger partial charge >= 0.3 is 12.2 Å². The zero-order valence-corrected chi connectivity index (χ0v) is 11.7. The fraction of sp³-hybridized carbons (Fsp3) is 0.500. The van der Waals surface area contributed by atoms with E-state index in [0.29, 0.717) is 13.1 Å². The van der Waals surface area contributed by atoms with E-state index >= 15 is 0 Å². The summed E-state index contributed by atoms with van der Waals surface area (Å²) in [6.45, 7) is 1.20. The summed E-state index contributed by atoms with van der Waals surface area (Å²) in [6.07, 6.45) is -2.77. The van der Waals surface area contributed by atoms with Crippen LogP contribution in [0.15, 0.2) is 24.3 Å². The number of para-hydroxylation sites is 1. The van der Waals surface area contributed by atoms with Gasteiger partial charge in [-0.25, -0.2) is 4.79 Å². The first-order valence-corrected chi connectivity index (χ1v) is 6.82. The smallest absolute Gasteiger partial charge is 0.320 e. The minimum atomic E-state index is -4.49. The van der Waals surface area contributed by atoms with Crippen LogP contribution in [0.4, 0.5) is 23.7 Å². The molecule has 2 N–H and O–H groups in total. The van der Waals surface area contributed by atoms with Crippen molar-refractivity contribution >= 4 is 11.7 Å². The molecule has 1 unspecified atom stereocenters. The van der Waals surface area contributed by atoms with Crippen LogP contribution in [0.25, 0.3) is 0 Å². The summed E-state index contributed by atoms with van der Waals surface area (Å²) in [5.74, 6) is 0. The minimum Gasteiger partial charge on any atom is -0.320 e. The molecule has 1 aliphatic heterocycles. The molecule has 4 nitrogen and oxygen atoms in total. The Bertz CT molecular complexity index is 504. The number of nitrogens with one attached hydrogen (secondary N) is 2. The van der Waals surface area contributed by atoms with Gasteiger partial charge in [0.2, 0.25) is 0 Å². The van der Waals surface area contributed by atoms with Gasteiger partial charge < -0.3 is 15.5 Å². The van der Waals surface area contributed by atoms with Crippen molar-refractivity contribution in [3.8, 4) is 0 Å². The fourth-order valence-corrected chi connectivity index (χ4v) is 2.58. The summed E-state index contributed by atoms with van der Waals surface area (Å²) < 4.78 is 38.7. The van der Waals surface area contributed by atoms with Crippen LogP contribution >= 0.6 is 0 Å². The van der Waals surface area contributed by atoms with Gasteiger partial charge in [-0.2, -0.15) is 13.2 Å². The van der Waals surface area contributed by atoms with Crippen molar-refractivity contribution in [3.63, 3.8) is 0 Å². The van der Waals surface area contributed by atoms with Crippen molar-refractivity contribution in [2.24, 2.45) is 0 Å². The molecule has 7 heteroatoms. The predicted octanol–water partition coefficient (Wildman–Crippen LogP) is 2.92. The molecule has 1 heterocycles. The van der Waals surface area contributed by atoms with E-state index in [0.717, 1.165) is 18.9 Å². The average molecular weight is 301 g/mol. The lowest BCUT2D eigenvalue weighted by Crippen LogP contribution is -2.43. The number of carbonyl (C=O) groups excluding carboxylic acids is 1. The number of anilines is 1. The molecule has 21 heavy (non-hydrogen) atoms. The number of urea groups is 1. The van der Waals surface area contributed by atoms with Crippen molar-refractivity contribution < 1.29 is 18.0 Å². The van der Waals surface area contributed by atoms with Gasteiger partial charge in [0.1, 0.15) is 0 Å². The van der Waals surface area contributed by atoms with Gasteiger partial charge in [-0.1, -0.05) is 12.1 Å². The molecule has 1 aromatic rings. The Balaban J connectivity index is 2.13. The number of amides is 2. The van der Waals surface area contributed by atoms with Crippen LogP contribution < -0.4 is 10.6 Å².